The Hall–Kier alpha value is -1.97. The van der Waals surface area contributed by atoms with E-state index >= 15 is 0 Å². The van der Waals surface area contributed by atoms with Crippen molar-refractivity contribution in [1.29, 1.82) is 0 Å². The molecule has 0 fully saturated rings. The van der Waals surface area contributed by atoms with Gasteiger partial charge in [-0.25, -0.2) is 4.98 Å². The highest BCUT2D eigenvalue weighted by molar-refractivity contribution is 7.15. The van der Waals surface area contributed by atoms with E-state index < -0.39 is 0 Å². The Morgan fingerprint density at radius 3 is 2.48 bits per heavy atom. The Morgan fingerprint density at radius 2 is 1.76 bits per heavy atom. The molecule has 1 aromatic heterocycles. The molecule has 0 bridgehead atoms. The summed E-state index contributed by atoms with van der Waals surface area (Å²) >= 11 is 1.77. The normalized spacial score (nSPS) is 10.8. The molecule has 3 rings (SSSR count). The molecule has 0 aliphatic heterocycles. The Balaban J connectivity index is 2.08. The summed E-state index contributed by atoms with van der Waals surface area (Å²) in [6.45, 7) is 2.96. The van der Waals surface area contributed by atoms with Crippen LogP contribution in [0.4, 0.5) is 0 Å². The number of aromatic nitrogens is 1. The summed E-state index contributed by atoms with van der Waals surface area (Å²) in [5, 5.41) is 4.33. The second kappa shape index (κ2) is 6.20. The molecule has 0 radical (unpaired) electrons. The molecule has 0 amide bonds. The number of nitrogens with zero attached hydrogens (tertiary/aromatic N) is 1. The zero-order chi connectivity index (χ0) is 14.7. The predicted octanol–water partition coefficient (Wildman–Crippen LogP) is 4.50. The first-order chi connectivity index (χ1) is 10.3. The van der Waals surface area contributed by atoms with Crippen molar-refractivity contribution in [2.75, 3.05) is 7.05 Å². The molecule has 0 aliphatic carbocycles. The van der Waals surface area contributed by atoms with Crippen molar-refractivity contribution in [2.45, 2.75) is 13.5 Å². The van der Waals surface area contributed by atoms with Crippen LogP contribution >= 0.6 is 11.3 Å². The molecular weight excluding hydrogens is 276 g/mol. The number of hydrogen-bond acceptors (Lipinski definition) is 3. The third-order valence-electron chi connectivity index (χ3n) is 3.35. The molecule has 0 saturated carbocycles. The maximum Gasteiger partial charge on any atom is 0.124 e. The average Bonchev–Trinajstić information content (AvgIpc) is 2.93. The van der Waals surface area contributed by atoms with Crippen LogP contribution in [-0.2, 0) is 6.54 Å². The number of rotatable bonds is 4. The highest BCUT2D eigenvalue weighted by atomic mass is 32.1. The van der Waals surface area contributed by atoms with E-state index in [0.717, 1.165) is 17.2 Å². The second-order valence-corrected chi connectivity index (χ2v) is 6.14. The lowest BCUT2D eigenvalue weighted by Gasteiger charge is -2.00. The third kappa shape index (κ3) is 3.04. The van der Waals surface area contributed by atoms with E-state index in [1.807, 2.05) is 13.1 Å². The predicted molar refractivity (Wildman–Crippen MR) is 90.5 cm³/mol. The molecule has 0 unspecified atom stereocenters. The van der Waals surface area contributed by atoms with Gasteiger partial charge in [0.25, 0.3) is 0 Å². The highest BCUT2D eigenvalue weighted by Crippen LogP contribution is 2.34. The van der Waals surface area contributed by atoms with Crippen molar-refractivity contribution >= 4 is 11.3 Å². The monoisotopic (exact) mass is 294 g/mol. The molecule has 21 heavy (non-hydrogen) atoms. The van der Waals surface area contributed by atoms with Gasteiger partial charge in [0.1, 0.15) is 5.01 Å². The van der Waals surface area contributed by atoms with Crippen molar-refractivity contribution in [3.63, 3.8) is 0 Å². The van der Waals surface area contributed by atoms with Crippen molar-refractivity contribution in [3.05, 3.63) is 65.0 Å². The molecule has 3 heteroatoms. The van der Waals surface area contributed by atoms with E-state index in [9.17, 15) is 0 Å². The fourth-order valence-corrected chi connectivity index (χ4v) is 3.45. The topological polar surface area (TPSA) is 24.9 Å². The minimum atomic E-state index is 0.841. The Morgan fingerprint density at radius 1 is 1.00 bits per heavy atom. The van der Waals surface area contributed by atoms with Gasteiger partial charge >= 0.3 is 0 Å². The first-order valence-corrected chi connectivity index (χ1v) is 7.86. The number of thiazole rings is 1. The van der Waals surface area contributed by atoms with Gasteiger partial charge in [-0.3, -0.25) is 0 Å². The zero-order valence-electron chi connectivity index (χ0n) is 12.3. The van der Waals surface area contributed by atoms with Crippen LogP contribution in [0.3, 0.4) is 0 Å². The molecule has 2 nitrogen and oxygen atoms in total. The standard InChI is InChI=1S/C18H18N2S/c1-13-7-6-10-15(11-13)18-20-17(16(21-18)12-19-2)14-8-4-3-5-9-14/h3-11,19H,12H2,1-2H3. The lowest BCUT2D eigenvalue weighted by atomic mass is 10.1. The van der Waals surface area contributed by atoms with Gasteiger partial charge in [-0.2, -0.15) is 0 Å². The summed E-state index contributed by atoms with van der Waals surface area (Å²) in [4.78, 5) is 6.17. The fourth-order valence-electron chi connectivity index (χ4n) is 2.36. The van der Waals surface area contributed by atoms with E-state index in [0.29, 0.717) is 0 Å². The van der Waals surface area contributed by atoms with Gasteiger partial charge in [-0.15, -0.1) is 11.3 Å². The quantitative estimate of drug-likeness (QED) is 0.766. The van der Waals surface area contributed by atoms with Crippen molar-refractivity contribution in [1.82, 2.24) is 10.3 Å². The van der Waals surface area contributed by atoms with Crippen LogP contribution in [0.15, 0.2) is 54.6 Å². The number of benzene rings is 2. The van der Waals surface area contributed by atoms with E-state index in [1.165, 1.54) is 21.6 Å². The average molecular weight is 294 g/mol. The summed E-state index contributed by atoms with van der Waals surface area (Å²) in [6, 6.07) is 18.9. The smallest absolute Gasteiger partial charge is 0.124 e. The van der Waals surface area contributed by atoms with E-state index in [-0.39, 0.29) is 0 Å². The van der Waals surface area contributed by atoms with Gasteiger partial charge in [-0.1, -0.05) is 54.1 Å². The highest BCUT2D eigenvalue weighted by Gasteiger charge is 2.13. The molecule has 0 atom stereocenters. The molecule has 1 heterocycles. The Kier molecular flexibility index (Phi) is 4.13. The summed E-state index contributed by atoms with van der Waals surface area (Å²) in [5.41, 5.74) is 4.73. The molecule has 2 aromatic carbocycles. The second-order valence-electron chi connectivity index (χ2n) is 5.06. The van der Waals surface area contributed by atoms with Gasteiger partial charge in [0.2, 0.25) is 0 Å². The summed E-state index contributed by atoms with van der Waals surface area (Å²) in [5.74, 6) is 0. The molecule has 0 spiro atoms. The largest absolute Gasteiger partial charge is 0.315 e. The fraction of sp³-hybridized carbons (Fsp3) is 0.167. The number of hydrogen-bond donors (Lipinski definition) is 1. The van der Waals surface area contributed by atoms with Gasteiger partial charge in [0.15, 0.2) is 0 Å². The van der Waals surface area contributed by atoms with Crippen LogP contribution in [0.2, 0.25) is 0 Å². The maximum absolute atomic E-state index is 4.89. The van der Waals surface area contributed by atoms with Crippen LogP contribution < -0.4 is 5.32 Å². The first kappa shape index (κ1) is 14.0. The first-order valence-electron chi connectivity index (χ1n) is 7.04. The molecule has 3 aromatic rings. The minimum Gasteiger partial charge on any atom is -0.315 e. The molecule has 106 valence electrons. The number of aryl methyl sites for hydroxylation is 1. The molecular formula is C18H18N2S. The summed E-state index contributed by atoms with van der Waals surface area (Å²) in [6.07, 6.45) is 0. The van der Waals surface area contributed by atoms with Crippen LogP contribution in [-0.4, -0.2) is 12.0 Å². The van der Waals surface area contributed by atoms with E-state index in [4.69, 9.17) is 4.98 Å². The van der Waals surface area contributed by atoms with E-state index in [1.54, 1.807) is 11.3 Å². The Bertz CT molecular complexity index is 732. The van der Waals surface area contributed by atoms with Crippen molar-refractivity contribution in [3.8, 4) is 21.8 Å². The van der Waals surface area contributed by atoms with Crippen LogP contribution in [0, 0.1) is 6.92 Å². The minimum absolute atomic E-state index is 0.841. The van der Waals surface area contributed by atoms with Gasteiger partial charge < -0.3 is 5.32 Å². The van der Waals surface area contributed by atoms with E-state index in [2.05, 4.69) is 60.8 Å². The van der Waals surface area contributed by atoms with Crippen molar-refractivity contribution < 1.29 is 0 Å². The molecule has 0 saturated heterocycles. The lowest BCUT2D eigenvalue weighted by molar-refractivity contribution is 0.831. The van der Waals surface area contributed by atoms with Gasteiger partial charge in [0, 0.05) is 22.5 Å². The maximum atomic E-state index is 4.89. The van der Waals surface area contributed by atoms with Crippen LogP contribution in [0.1, 0.15) is 10.4 Å². The van der Waals surface area contributed by atoms with Crippen molar-refractivity contribution in [2.24, 2.45) is 0 Å². The number of nitrogens with one attached hydrogen (secondary N) is 1. The SMILES string of the molecule is CNCc1sc(-c2cccc(C)c2)nc1-c1ccccc1. The zero-order valence-corrected chi connectivity index (χ0v) is 13.1. The lowest BCUT2D eigenvalue weighted by Crippen LogP contribution is -2.04. The van der Waals surface area contributed by atoms with Crippen LogP contribution in [0.5, 0.6) is 0 Å². The van der Waals surface area contributed by atoms with Gasteiger partial charge in [-0.05, 0) is 20.0 Å². The summed E-state index contributed by atoms with van der Waals surface area (Å²) in [7, 11) is 1.97. The van der Waals surface area contributed by atoms with Crippen LogP contribution in [0.25, 0.3) is 21.8 Å². The molecule has 1 N–H and O–H groups in total. The molecule has 0 aliphatic rings. The Labute approximate surface area is 129 Å². The summed E-state index contributed by atoms with van der Waals surface area (Å²) < 4.78 is 0. The third-order valence-corrected chi connectivity index (χ3v) is 4.45. The van der Waals surface area contributed by atoms with Gasteiger partial charge in [0.05, 0.1) is 5.69 Å².